The summed E-state index contributed by atoms with van der Waals surface area (Å²) in [6, 6.07) is 17.4. The van der Waals surface area contributed by atoms with E-state index in [1.807, 2.05) is 18.2 Å². The minimum Gasteiger partial charge on any atom is -0.457 e. The van der Waals surface area contributed by atoms with E-state index < -0.39 is 5.91 Å². The molecule has 0 saturated carbocycles. The lowest BCUT2D eigenvalue weighted by Gasteiger charge is -2.12. The number of rotatable bonds is 3. The Balaban J connectivity index is 1.63. The summed E-state index contributed by atoms with van der Waals surface area (Å²) in [4.78, 5) is 26.4. The molecule has 1 aromatic heterocycles. The predicted molar refractivity (Wildman–Crippen MR) is 109 cm³/mol. The number of hydrogen-bond donors (Lipinski definition) is 0. The largest absolute Gasteiger partial charge is 0.457 e. The van der Waals surface area contributed by atoms with E-state index in [1.54, 1.807) is 48.5 Å². The van der Waals surface area contributed by atoms with Crippen LogP contribution in [0.1, 0.15) is 5.76 Å². The Bertz CT molecular complexity index is 1090. The first kappa shape index (κ1) is 17.9. The topological polar surface area (TPSA) is 50.5 Å². The molecule has 0 radical (unpaired) electrons. The lowest BCUT2D eigenvalue weighted by Crippen LogP contribution is -2.27. The molecule has 0 N–H and O–H groups in total. The number of furan rings is 1. The van der Waals surface area contributed by atoms with E-state index in [2.05, 4.69) is 0 Å². The van der Waals surface area contributed by atoms with Crippen LogP contribution in [0.5, 0.6) is 0 Å². The van der Waals surface area contributed by atoms with Gasteiger partial charge in [0, 0.05) is 16.7 Å². The van der Waals surface area contributed by atoms with Gasteiger partial charge in [-0.05, 0) is 54.2 Å². The van der Waals surface area contributed by atoms with Crippen molar-refractivity contribution in [2.75, 3.05) is 4.90 Å². The van der Waals surface area contributed by atoms with Gasteiger partial charge >= 0.3 is 0 Å². The molecule has 0 unspecified atom stereocenters. The Morgan fingerprint density at radius 3 is 2.56 bits per heavy atom. The van der Waals surface area contributed by atoms with Crippen LogP contribution in [0.15, 0.2) is 70.0 Å². The van der Waals surface area contributed by atoms with Gasteiger partial charge in [0.1, 0.15) is 11.5 Å². The van der Waals surface area contributed by atoms with E-state index in [9.17, 15) is 9.59 Å². The summed E-state index contributed by atoms with van der Waals surface area (Å²) in [5.41, 5.74) is 1.19. The van der Waals surface area contributed by atoms with Crippen molar-refractivity contribution in [2.24, 2.45) is 0 Å². The number of thioether (sulfide) groups is 1. The van der Waals surface area contributed by atoms with Crippen molar-refractivity contribution in [2.45, 2.75) is 0 Å². The Kier molecular flexibility index (Phi) is 4.83. The molecule has 0 atom stereocenters. The molecule has 1 saturated heterocycles. The molecule has 0 aliphatic carbocycles. The number of anilines is 1. The highest BCUT2D eigenvalue weighted by atomic mass is 35.5. The van der Waals surface area contributed by atoms with E-state index in [0.717, 1.165) is 22.2 Å². The highest BCUT2D eigenvalue weighted by Crippen LogP contribution is 2.37. The highest BCUT2D eigenvalue weighted by Gasteiger charge is 2.36. The summed E-state index contributed by atoms with van der Waals surface area (Å²) in [5, 5.41) is 0.636. The van der Waals surface area contributed by atoms with Crippen LogP contribution < -0.4 is 4.90 Å². The maximum absolute atomic E-state index is 12.7. The molecule has 134 valence electrons. The molecule has 0 spiro atoms. The van der Waals surface area contributed by atoms with Crippen molar-refractivity contribution < 1.29 is 14.0 Å². The van der Waals surface area contributed by atoms with Crippen LogP contribution >= 0.6 is 35.0 Å². The second-order valence-electron chi connectivity index (χ2n) is 5.68. The first-order valence-corrected chi connectivity index (χ1v) is 9.48. The average molecular weight is 416 g/mol. The standard InChI is InChI=1S/C20H11Cl2NO3S/c21-12-4-3-5-13(10-12)23-19(24)18(27-20(23)25)11-14-8-9-17(26-14)15-6-1-2-7-16(15)22/h1-11H/b18-11+. The molecule has 27 heavy (non-hydrogen) atoms. The van der Waals surface area contributed by atoms with Crippen LogP contribution in [0.4, 0.5) is 10.5 Å². The van der Waals surface area contributed by atoms with Crippen LogP contribution in [-0.4, -0.2) is 11.1 Å². The minimum atomic E-state index is -0.414. The number of amides is 2. The average Bonchev–Trinajstić information content (AvgIpc) is 3.20. The molecule has 1 aliphatic heterocycles. The molecule has 3 aromatic rings. The molecule has 7 heteroatoms. The highest BCUT2D eigenvalue weighted by molar-refractivity contribution is 8.19. The van der Waals surface area contributed by atoms with Crippen molar-refractivity contribution >= 4 is 57.9 Å². The van der Waals surface area contributed by atoms with E-state index in [0.29, 0.717) is 27.3 Å². The summed E-state index contributed by atoms with van der Waals surface area (Å²) in [7, 11) is 0. The Morgan fingerprint density at radius 1 is 0.963 bits per heavy atom. The molecule has 1 fully saturated rings. The Morgan fingerprint density at radius 2 is 1.78 bits per heavy atom. The summed E-state index contributed by atoms with van der Waals surface area (Å²) < 4.78 is 5.78. The maximum atomic E-state index is 12.7. The molecular formula is C20H11Cl2NO3S. The molecule has 1 aliphatic rings. The summed E-state index contributed by atoms with van der Waals surface area (Å²) in [5.74, 6) is 0.630. The number of carbonyl (C=O) groups is 2. The number of carbonyl (C=O) groups excluding carboxylic acids is 2. The van der Waals surface area contributed by atoms with Gasteiger partial charge in [0.15, 0.2) is 0 Å². The lowest BCUT2D eigenvalue weighted by molar-refractivity contribution is -0.113. The predicted octanol–water partition coefficient (Wildman–Crippen LogP) is 6.49. The smallest absolute Gasteiger partial charge is 0.298 e. The fourth-order valence-corrected chi connectivity index (χ4v) is 3.91. The zero-order valence-electron chi connectivity index (χ0n) is 13.7. The van der Waals surface area contributed by atoms with Gasteiger partial charge in [-0.2, -0.15) is 0 Å². The van der Waals surface area contributed by atoms with Gasteiger partial charge < -0.3 is 4.42 Å². The number of imide groups is 1. The number of halogens is 2. The fraction of sp³-hybridized carbons (Fsp3) is 0. The molecule has 4 nitrogen and oxygen atoms in total. The van der Waals surface area contributed by atoms with Crippen molar-refractivity contribution in [3.63, 3.8) is 0 Å². The molecule has 2 aromatic carbocycles. The van der Waals surface area contributed by atoms with Gasteiger partial charge in [-0.1, -0.05) is 41.4 Å². The first-order valence-electron chi connectivity index (χ1n) is 7.91. The summed E-state index contributed by atoms with van der Waals surface area (Å²) in [6.45, 7) is 0. The maximum Gasteiger partial charge on any atom is 0.298 e. The molecule has 4 rings (SSSR count). The van der Waals surface area contributed by atoms with Gasteiger partial charge in [0.2, 0.25) is 0 Å². The minimum absolute atomic E-state index is 0.278. The Labute approximate surface area is 169 Å². The van der Waals surface area contributed by atoms with Gasteiger partial charge in [-0.15, -0.1) is 0 Å². The summed E-state index contributed by atoms with van der Waals surface area (Å²) >= 11 is 13.0. The number of hydrogen-bond acceptors (Lipinski definition) is 4. The second kappa shape index (κ2) is 7.27. The van der Waals surface area contributed by atoms with Crippen molar-refractivity contribution in [3.8, 4) is 11.3 Å². The van der Waals surface area contributed by atoms with Crippen LogP contribution in [0, 0.1) is 0 Å². The van der Waals surface area contributed by atoms with Crippen LogP contribution in [0.3, 0.4) is 0 Å². The molecular weight excluding hydrogens is 405 g/mol. The number of nitrogens with zero attached hydrogens (tertiary/aromatic N) is 1. The fourth-order valence-electron chi connectivity index (χ4n) is 2.67. The lowest BCUT2D eigenvalue weighted by atomic mass is 10.2. The quantitative estimate of drug-likeness (QED) is 0.458. The van der Waals surface area contributed by atoms with Gasteiger partial charge in [-0.3, -0.25) is 9.59 Å². The van der Waals surface area contributed by atoms with Crippen LogP contribution in [0.2, 0.25) is 10.0 Å². The third kappa shape index (κ3) is 3.54. The molecule has 2 amide bonds. The molecule has 0 bridgehead atoms. The third-order valence-electron chi connectivity index (χ3n) is 3.90. The zero-order valence-corrected chi connectivity index (χ0v) is 16.0. The van der Waals surface area contributed by atoms with E-state index in [1.165, 1.54) is 0 Å². The molecule has 2 heterocycles. The normalized spacial score (nSPS) is 15.8. The van der Waals surface area contributed by atoms with E-state index in [4.69, 9.17) is 27.6 Å². The van der Waals surface area contributed by atoms with Crippen LogP contribution in [-0.2, 0) is 4.79 Å². The van der Waals surface area contributed by atoms with Crippen molar-refractivity contribution in [1.82, 2.24) is 0 Å². The monoisotopic (exact) mass is 415 g/mol. The first-order chi connectivity index (χ1) is 13.0. The van der Waals surface area contributed by atoms with E-state index in [-0.39, 0.29) is 10.1 Å². The van der Waals surface area contributed by atoms with E-state index >= 15 is 0 Å². The van der Waals surface area contributed by atoms with Gasteiger partial charge in [-0.25, -0.2) is 4.90 Å². The second-order valence-corrected chi connectivity index (χ2v) is 7.52. The Hall–Kier alpha value is -2.47. The van der Waals surface area contributed by atoms with Crippen molar-refractivity contribution in [1.29, 1.82) is 0 Å². The number of benzene rings is 2. The zero-order chi connectivity index (χ0) is 19.0. The summed E-state index contributed by atoms with van der Waals surface area (Å²) in [6.07, 6.45) is 1.55. The van der Waals surface area contributed by atoms with Crippen molar-refractivity contribution in [3.05, 3.63) is 81.4 Å². The third-order valence-corrected chi connectivity index (χ3v) is 5.33. The van der Waals surface area contributed by atoms with Gasteiger partial charge in [0.05, 0.1) is 15.6 Å². The SMILES string of the molecule is O=C1S/C(=C/c2ccc(-c3ccccc3Cl)o2)C(=O)N1c1cccc(Cl)c1. The van der Waals surface area contributed by atoms with Gasteiger partial charge in [0.25, 0.3) is 11.1 Å². The van der Waals surface area contributed by atoms with Crippen LogP contribution in [0.25, 0.3) is 17.4 Å².